The number of rotatable bonds is 5. The van der Waals surface area contributed by atoms with Gasteiger partial charge in [0.2, 0.25) is 0 Å². The maximum absolute atomic E-state index is 6.84. The van der Waals surface area contributed by atoms with Crippen LogP contribution in [0.3, 0.4) is 0 Å². The fraction of sp³-hybridized carbons (Fsp3) is 0.0612. The van der Waals surface area contributed by atoms with Crippen molar-refractivity contribution in [1.29, 1.82) is 0 Å². The molecule has 0 unspecified atom stereocenters. The number of nitrogens with zero attached hydrogens (tertiary/aromatic N) is 1. The lowest BCUT2D eigenvalue weighted by Crippen LogP contribution is -2.16. The van der Waals surface area contributed by atoms with Crippen LogP contribution in [0.25, 0.3) is 66.1 Å². The normalized spacial score (nSPS) is 13.1. The van der Waals surface area contributed by atoms with E-state index in [-0.39, 0.29) is 5.41 Å². The third-order valence-electron chi connectivity index (χ3n) is 10.9. The average molecular weight is 654 g/mol. The maximum Gasteiger partial charge on any atom is 0.145 e. The quantitative estimate of drug-likeness (QED) is 0.184. The minimum absolute atomic E-state index is 0.123. The molecule has 0 amide bonds. The van der Waals surface area contributed by atoms with E-state index in [4.69, 9.17) is 4.42 Å². The summed E-state index contributed by atoms with van der Waals surface area (Å²) in [6.07, 6.45) is 0. The highest BCUT2D eigenvalue weighted by atomic mass is 16.3. The van der Waals surface area contributed by atoms with Crippen LogP contribution in [0.15, 0.2) is 180 Å². The Bertz CT molecular complexity index is 2770. The predicted octanol–water partition coefficient (Wildman–Crippen LogP) is 13.8. The van der Waals surface area contributed by atoms with E-state index in [9.17, 15) is 0 Å². The molecule has 1 aliphatic carbocycles. The Hall–Kier alpha value is -6.38. The van der Waals surface area contributed by atoms with Crippen LogP contribution in [0.1, 0.15) is 25.0 Å². The second kappa shape index (κ2) is 11.3. The zero-order valence-electron chi connectivity index (χ0n) is 28.6. The van der Waals surface area contributed by atoms with Gasteiger partial charge in [0.05, 0.1) is 16.8 Å². The van der Waals surface area contributed by atoms with E-state index in [1.807, 2.05) is 0 Å². The average Bonchev–Trinajstić information content (AvgIpc) is 3.69. The van der Waals surface area contributed by atoms with Crippen LogP contribution >= 0.6 is 0 Å². The van der Waals surface area contributed by atoms with Crippen LogP contribution in [-0.2, 0) is 5.41 Å². The number of hydrogen-bond acceptors (Lipinski definition) is 2. The van der Waals surface area contributed by atoms with Crippen molar-refractivity contribution in [2.75, 3.05) is 4.90 Å². The van der Waals surface area contributed by atoms with Gasteiger partial charge in [0.1, 0.15) is 11.2 Å². The van der Waals surface area contributed by atoms with E-state index >= 15 is 0 Å². The second-order valence-electron chi connectivity index (χ2n) is 14.1. The van der Waals surface area contributed by atoms with E-state index < -0.39 is 0 Å². The fourth-order valence-electron chi connectivity index (χ4n) is 8.34. The zero-order valence-corrected chi connectivity index (χ0v) is 28.6. The van der Waals surface area contributed by atoms with Crippen molar-refractivity contribution >= 4 is 49.8 Å². The van der Waals surface area contributed by atoms with Crippen molar-refractivity contribution in [3.8, 4) is 33.4 Å². The molecule has 9 aromatic rings. The lowest BCUT2D eigenvalue weighted by atomic mass is 9.82. The molecule has 242 valence electrons. The molecule has 2 nitrogen and oxygen atoms in total. The molecule has 51 heavy (non-hydrogen) atoms. The Morgan fingerprint density at radius 1 is 0.471 bits per heavy atom. The number of benzene rings is 8. The largest absolute Gasteiger partial charge is 0.455 e. The number of para-hydroxylation sites is 1. The van der Waals surface area contributed by atoms with E-state index in [1.54, 1.807) is 0 Å². The molecule has 0 spiro atoms. The lowest BCUT2D eigenvalue weighted by Gasteiger charge is -2.30. The molecule has 0 radical (unpaired) electrons. The molecular weight excluding hydrogens is 619 g/mol. The van der Waals surface area contributed by atoms with Gasteiger partial charge >= 0.3 is 0 Å². The van der Waals surface area contributed by atoms with Crippen molar-refractivity contribution in [2.24, 2.45) is 0 Å². The van der Waals surface area contributed by atoms with Gasteiger partial charge in [-0.2, -0.15) is 0 Å². The van der Waals surface area contributed by atoms with Gasteiger partial charge in [0, 0.05) is 27.6 Å². The highest BCUT2D eigenvalue weighted by molar-refractivity contribution is 6.18. The number of furan rings is 1. The number of fused-ring (bicyclic) bond motifs is 7. The topological polar surface area (TPSA) is 16.4 Å². The predicted molar refractivity (Wildman–Crippen MR) is 214 cm³/mol. The second-order valence-corrected chi connectivity index (χ2v) is 14.1. The summed E-state index contributed by atoms with van der Waals surface area (Å²) in [4.78, 5) is 2.46. The van der Waals surface area contributed by atoms with E-state index in [1.165, 1.54) is 44.2 Å². The van der Waals surface area contributed by atoms with Crippen LogP contribution in [-0.4, -0.2) is 0 Å². The lowest BCUT2D eigenvalue weighted by molar-refractivity contribution is 0.660. The van der Waals surface area contributed by atoms with Gasteiger partial charge in [-0.1, -0.05) is 147 Å². The summed E-state index contributed by atoms with van der Waals surface area (Å²) < 4.78 is 6.84. The highest BCUT2D eigenvalue weighted by Crippen LogP contribution is 2.55. The van der Waals surface area contributed by atoms with Gasteiger partial charge < -0.3 is 9.32 Å². The first-order valence-corrected chi connectivity index (χ1v) is 17.7. The number of anilines is 3. The summed E-state index contributed by atoms with van der Waals surface area (Å²) in [6, 6.07) is 63.6. The van der Waals surface area contributed by atoms with Crippen LogP contribution in [0.5, 0.6) is 0 Å². The smallest absolute Gasteiger partial charge is 0.145 e. The molecule has 0 atom stereocenters. The number of hydrogen-bond donors (Lipinski definition) is 0. The highest BCUT2D eigenvalue weighted by Gasteiger charge is 2.38. The summed E-state index contributed by atoms with van der Waals surface area (Å²) in [5, 5.41) is 4.64. The summed E-state index contributed by atoms with van der Waals surface area (Å²) in [7, 11) is 0. The summed E-state index contributed by atoms with van der Waals surface area (Å²) in [5.74, 6) is 0. The SMILES string of the molecule is CC1(C)c2ccccc2-c2c(N(c3ccc(-c4ccccc4)cc3)c3ccc(-c4ccc5ccccc5c4)c4oc5ccccc5c34)cccc21. The van der Waals surface area contributed by atoms with Gasteiger partial charge in [-0.3, -0.25) is 0 Å². The molecule has 1 aliphatic rings. The summed E-state index contributed by atoms with van der Waals surface area (Å²) >= 11 is 0. The Balaban J connectivity index is 1.26. The van der Waals surface area contributed by atoms with Gasteiger partial charge in [-0.05, 0) is 86.6 Å². The molecule has 1 heterocycles. The molecule has 0 aliphatic heterocycles. The minimum Gasteiger partial charge on any atom is -0.455 e. The molecule has 10 rings (SSSR count). The maximum atomic E-state index is 6.84. The molecule has 0 N–H and O–H groups in total. The summed E-state index contributed by atoms with van der Waals surface area (Å²) in [6.45, 7) is 4.70. The van der Waals surface area contributed by atoms with E-state index in [0.717, 1.165) is 50.1 Å². The van der Waals surface area contributed by atoms with E-state index in [0.29, 0.717) is 0 Å². The Labute approximate surface area is 297 Å². The van der Waals surface area contributed by atoms with Gasteiger partial charge in [-0.15, -0.1) is 0 Å². The van der Waals surface area contributed by atoms with Gasteiger partial charge in [-0.25, -0.2) is 0 Å². The monoisotopic (exact) mass is 653 g/mol. The van der Waals surface area contributed by atoms with Crippen molar-refractivity contribution in [3.63, 3.8) is 0 Å². The van der Waals surface area contributed by atoms with Gasteiger partial charge in [0.25, 0.3) is 0 Å². The first-order chi connectivity index (χ1) is 25.1. The molecule has 2 heteroatoms. The van der Waals surface area contributed by atoms with Crippen molar-refractivity contribution < 1.29 is 4.42 Å². The van der Waals surface area contributed by atoms with Crippen molar-refractivity contribution in [2.45, 2.75) is 19.3 Å². The van der Waals surface area contributed by atoms with Crippen LogP contribution in [0.4, 0.5) is 17.1 Å². The molecule has 1 aromatic heterocycles. The van der Waals surface area contributed by atoms with Crippen molar-refractivity contribution in [1.82, 2.24) is 0 Å². The summed E-state index contributed by atoms with van der Waals surface area (Å²) in [5.41, 5.74) is 14.9. The molecular formula is C49H35NO. The first-order valence-electron chi connectivity index (χ1n) is 17.7. The van der Waals surface area contributed by atoms with Crippen LogP contribution in [0.2, 0.25) is 0 Å². The first kappa shape index (κ1) is 29.5. The molecule has 0 saturated carbocycles. The third-order valence-corrected chi connectivity index (χ3v) is 10.9. The molecule has 0 bridgehead atoms. The fourth-order valence-corrected chi connectivity index (χ4v) is 8.34. The third kappa shape index (κ3) is 4.57. The Morgan fingerprint density at radius 2 is 1.16 bits per heavy atom. The minimum atomic E-state index is -0.123. The standard InChI is InChI=1S/C49H35NO/c1-49(2)41-19-10-8-17-39(41)46-42(49)20-12-21-43(46)50(37-27-25-34(26-28-37)32-13-4-3-5-14-32)44-30-29-38(36-24-23-33-15-6-7-16-35(33)31-36)48-47(44)40-18-9-11-22-45(40)51-48/h3-31H,1-2H3. The molecule has 8 aromatic carbocycles. The van der Waals surface area contributed by atoms with Crippen molar-refractivity contribution in [3.05, 3.63) is 187 Å². The molecule has 0 fully saturated rings. The Kier molecular flexibility index (Phi) is 6.56. The van der Waals surface area contributed by atoms with Gasteiger partial charge in [0.15, 0.2) is 0 Å². The molecule has 0 saturated heterocycles. The van der Waals surface area contributed by atoms with Crippen LogP contribution < -0.4 is 4.90 Å². The Morgan fingerprint density at radius 3 is 2.02 bits per heavy atom. The zero-order chi connectivity index (χ0) is 34.1. The van der Waals surface area contributed by atoms with Crippen LogP contribution in [0, 0.1) is 0 Å². The van der Waals surface area contributed by atoms with E-state index in [2.05, 4.69) is 195 Å².